The molecule has 4 nitrogen and oxygen atoms in total. The van der Waals surface area contributed by atoms with Crippen LogP contribution >= 0.6 is 15.9 Å². The third kappa shape index (κ3) is 4.43. The molecular formula is C16H20BrN3O. The lowest BCUT2D eigenvalue weighted by Gasteiger charge is -2.14. The Balaban J connectivity index is 1.88. The third-order valence-electron chi connectivity index (χ3n) is 3.29. The summed E-state index contributed by atoms with van der Waals surface area (Å²) >= 11 is 3.37. The summed E-state index contributed by atoms with van der Waals surface area (Å²) in [5.74, 6) is 0.274. The van der Waals surface area contributed by atoms with Crippen LogP contribution < -0.4 is 5.32 Å². The topological polar surface area (TPSA) is 46.9 Å². The van der Waals surface area contributed by atoms with Crippen LogP contribution in [-0.4, -0.2) is 22.2 Å². The highest BCUT2D eigenvalue weighted by molar-refractivity contribution is 9.10. The lowest BCUT2D eigenvalue weighted by Crippen LogP contribution is -2.30. The largest absolute Gasteiger partial charge is 0.352 e. The van der Waals surface area contributed by atoms with Gasteiger partial charge in [-0.25, -0.2) is 0 Å². The SMILES string of the molecule is Cc1cc(C)n(CC(C)CNC(=O)c2cccc(Br)c2)n1. The molecule has 1 aromatic heterocycles. The van der Waals surface area contributed by atoms with Gasteiger partial charge in [0.1, 0.15) is 0 Å². The number of rotatable bonds is 5. The fourth-order valence-corrected chi connectivity index (χ4v) is 2.62. The fourth-order valence-electron chi connectivity index (χ4n) is 2.22. The van der Waals surface area contributed by atoms with E-state index in [2.05, 4.69) is 39.3 Å². The molecule has 1 amide bonds. The number of halogens is 1. The monoisotopic (exact) mass is 349 g/mol. The number of benzene rings is 1. The number of carbonyl (C=O) groups is 1. The Labute approximate surface area is 133 Å². The lowest BCUT2D eigenvalue weighted by molar-refractivity contribution is 0.0946. The number of aromatic nitrogens is 2. The minimum atomic E-state index is -0.0449. The molecule has 1 heterocycles. The zero-order valence-corrected chi connectivity index (χ0v) is 14.1. The Bertz CT molecular complexity index is 636. The van der Waals surface area contributed by atoms with E-state index in [0.717, 1.165) is 22.4 Å². The van der Waals surface area contributed by atoms with Gasteiger partial charge in [0.15, 0.2) is 0 Å². The minimum absolute atomic E-state index is 0.0449. The van der Waals surface area contributed by atoms with Crippen LogP contribution in [0.2, 0.25) is 0 Å². The van der Waals surface area contributed by atoms with Crippen LogP contribution in [0, 0.1) is 19.8 Å². The van der Waals surface area contributed by atoms with E-state index in [0.29, 0.717) is 18.0 Å². The van der Waals surface area contributed by atoms with Crippen LogP contribution in [0.15, 0.2) is 34.8 Å². The first-order valence-corrected chi connectivity index (χ1v) is 7.80. The van der Waals surface area contributed by atoms with Crippen LogP contribution in [0.3, 0.4) is 0 Å². The van der Waals surface area contributed by atoms with Gasteiger partial charge in [-0.05, 0) is 44.0 Å². The number of hydrogen-bond donors (Lipinski definition) is 1. The molecule has 0 fully saturated rings. The van der Waals surface area contributed by atoms with Gasteiger partial charge >= 0.3 is 0 Å². The van der Waals surface area contributed by atoms with E-state index >= 15 is 0 Å². The molecule has 1 aromatic carbocycles. The summed E-state index contributed by atoms with van der Waals surface area (Å²) in [5, 5.41) is 7.42. The van der Waals surface area contributed by atoms with E-state index in [-0.39, 0.29) is 5.91 Å². The fraction of sp³-hybridized carbons (Fsp3) is 0.375. The van der Waals surface area contributed by atoms with Crippen LogP contribution in [0.25, 0.3) is 0 Å². The van der Waals surface area contributed by atoms with E-state index in [1.807, 2.05) is 42.8 Å². The van der Waals surface area contributed by atoms with E-state index in [1.165, 1.54) is 0 Å². The highest BCUT2D eigenvalue weighted by Gasteiger charge is 2.10. The van der Waals surface area contributed by atoms with E-state index in [1.54, 1.807) is 0 Å². The maximum Gasteiger partial charge on any atom is 0.251 e. The second-order valence-corrected chi connectivity index (χ2v) is 6.35. The predicted molar refractivity (Wildman–Crippen MR) is 87.3 cm³/mol. The first kappa shape index (κ1) is 15.8. The molecule has 0 radical (unpaired) electrons. The maximum absolute atomic E-state index is 12.1. The zero-order valence-electron chi connectivity index (χ0n) is 12.6. The number of nitrogens with zero attached hydrogens (tertiary/aromatic N) is 2. The van der Waals surface area contributed by atoms with Crippen molar-refractivity contribution in [3.8, 4) is 0 Å². The summed E-state index contributed by atoms with van der Waals surface area (Å²) in [4.78, 5) is 12.1. The van der Waals surface area contributed by atoms with Crippen molar-refractivity contribution in [1.29, 1.82) is 0 Å². The second kappa shape index (κ2) is 6.89. The molecule has 0 bridgehead atoms. The summed E-state index contributed by atoms with van der Waals surface area (Å²) < 4.78 is 2.90. The Hall–Kier alpha value is -1.62. The van der Waals surface area contributed by atoms with Crippen molar-refractivity contribution in [2.75, 3.05) is 6.54 Å². The Kier molecular flexibility index (Phi) is 5.17. The zero-order chi connectivity index (χ0) is 15.4. The van der Waals surface area contributed by atoms with Crippen molar-refractivity contribution >= 4 is 21.8 Å². The molecule has 0 spiro atoms. The van der Waals surface area contributed by atoms with E-state index < -0.39 is 0 Å². The highest BCUT2D eigenvalue weighted by atomic mass is 79.9. The van der Waals surface area contributed by atoms with Crippen molar-refractivity contribution in [2.45, 2.75) is 27.3 Å². The molecule has 2 aromatic rings. The molecule has 0 aliphatic carbocycles. The molecule has 1 atom stereocenters. The number of nitrogens with one attached hydrogen (secondary N) is 1. The highest BCUT2D eigenvalue weighted by Crippen LogP contribution is 2.12. The van der Waals surface area contributed by atoms with Crippen molar-refractivity contribution in [3.05, 3.63) is 51.8 Å². The third-order valence-corrected chi connectivity index (χ3v) is 3.78. The smallest absolute Gasteiger partial charge is 0.251 e. The van der Waals surface area contributed by atoms with Gasteiger partial charge in [0, 0.05) is 28.8 Å². The Morgan fingerprint density at radius 3 is 2.76 bits per heavy atom. The number of amides is 1. The molecule has 0 saturated carbocycles. The maximum atomic E-state index is 12.1. The normalized spacial score (nSPS) is 12.2. The average Bonchev–Trinajstić information content (AvgIpc) is 2.74. The molecule has 1 N–H and O–H groups in total. The minimum Gasteiger partial charge on any atom is -0.352 e. The second-order valence-electron chi connectivity index (χ2n) is 5.43. The van der Waals surface area contributed by atoms with Gasteiger partial charge in [-0.2, -0.15) is 5.10 Å². The van der Waals surface area contributed by atoms with Gasteiger partial charge < -0.3 is 5.32 Å². The van der Waals surface area contributed by atoms with Crippen molar-refractivity contribution in [3.63, 3.8) is 0 Å². The summed E-state index contributed by atoms with van der Waals surface area (Å²) in [6.45, 7) is 7.58. The molecule has 112 valence electrons. The van der Waals surface area contributed by atoms with Gasteiger partial charge in [-0.15, -0.1) is 0 Å². The number of aryl methyl sites for hydroxylation is 2. The summed E-state index contributed by atoms with van der Waals surface area (Å²) in [7, 11) is 0. The standard InChI is InChI=1S/C16H20BrN3O/c1-11(10-20-13(3)7-12(2)19-20)9-18-16(21)14-5-4-6-15(17)8-14/h4-8,11H,9-10H2,1-3H3,(H,18,21). The van der Waals surface area contributed by atoms with Gasteiger partial charge in [-0.3, -0.25) is 9.48 Å². The average molecular weight is 350 g/mol. The number of hydrogen-bond acceptors (Lipinski definition) is 2. The van der Waals surface area contributed by atoms with Crippen LogP contribution in [0.5, 0.6) is 0 Å². The van der Waals surface area contributed by atoms with Crippen molar-refractivity contribution < 1.29 is 4.79 Å². The molecular weight excluding hydrogens is 330 g/mol. The summed E-state index contributed by atoms with van der Waals surface area (Å²) in [5.41, 5.74) is 2.85. The molecule has 2 rings (SSSR count). The van der Waals surface area contributed by atoms with E-state index in [4.69, 9.17) is 0 Å². The first-order valence-electron chi connectivity index (χ1n) is 7.00. The molecule has 0 aliphatic heterocycles. The van der Waals surface area contributed by atoms with Gasteiger partial charge in [-0.1, -0.05) is 28.9 Å². The molecule has 21 heavy (non-hydrogen) atoms. The molecule has 0 saturated heterocycles. The first-order chi connectivity index (χ1) is 9.95. The Morgan fingerprint density at radius 2 is 2.14 bits per heavy atom. The molecule has 1 unspecified atom stereocenters. The van der Waals surface area contributed by atoms with Gasteiger partial charge in [0.05, 0.1) is 5.69 Å². The lowest BCUT2D eigenvalue weighted by atomic mass is 10.1. The number of carbonyl (C=O) groups excluding carboxylic acids is 1. The molecule has 5 heteroatoms. The molecule has 0 aliphatic rings. The van der Waals surface area contributed by atoms with Crippen LogP contribution in [-0.2, 0) is 6.54 Å². The quantitative estimate of drug-likeness (QED) is 0.899. The van der Waals surface area contributed by atoms with Gasteiger partial charge in [0.25, 0.3) is 5.91 Å². The van der Waals surface area contributed by atoms with E-state index in [9.17, 15) is 4.79 Å². The van der Waals surface area contributed by atoms with Gasteiger partial charge in [0.2, 0.25) is 0 Å². The Morgan fingerprint density at radius 1 is 1.38 bits per heavy atom. The van der Waals surface area contributed by atoms with Crippen LogP contribution in [0.4, 0.5) is 0 Å². The summed E-state index contributed by atoms with van der Waals surface area (Å²) in [6.07, 6.45) is 0. The van der Waals surface area contributed by atoms with Crippen LogP contribution in [0.1, 0.15) is 28.7 Å². The summed E-state index contributed by atoms with van der Waals surface area (Å²) in [6, 6.07) is 9.46. The van der Waals surface area contributed by atoms with Crippen molar-refractivity contribution in [1.82, 2.24) is 15.1 Å². The predicted octanol–water partition coefficient (Wildman–Crippen LogP) is 3.33. The van der Waals surface area contributed by atoms with Crippen molar-refractivity contribution in [2.24, 2.45) is 5.92 Å².